The van der Waals surface area contributed by atoms with Crippen LogP contribution in [0.5, 0.6) is 5.88 Å². The van der Waals surface area contributed by atoms with Gasteiger partial charge in [-0.25, -0.2) is 9.37 Å². The Balaban J connectivity index is 1.34. The molecule has 0 unspecified atom stereocenters. The number of nitrogens with zero attached hydrogens (tertiary/aromatic N) is 2. The highest BCUT2D eigenvalue weighted by Gasteiger charge is 2.41. The zero-order chi connectivity index (χ0) is 22.4. The van der Waals surface area contributed by atoms with E-state index in [0.29, 0.717) is 30.9 Å². The van der Waals surface area contributed by atoms with E-state index in [0.717, 1.165) is 45.4 Å². The van der Waals surface area contributed by atoms with Gasteiger partial charge in [-0.05, 0) is 44.0 Å². The summed E-state index contributed by atoms with van der Waals surface area (Å²) in [7, 11) is 1.43. The SMILES string of the molecule is COC(=O)CCN1CCC(CN[C@@H]2C[C@H]2c2ccccc2)(COc2ccc(F)cn2)CC1. The number of pyridine rings is 1. The molecule has 1 aromatic carbocycles. The molecule has 172 valence electrons. The van der Waals surface area contributed by atoms with Crippen LogP contribution in [0.2, 0.25) is 0 Å². The molecule has 1 aromatic heterocycles. The monoisotopic (exact) mass is 441 g/mol. The Bertz CT molecular complexity index is 870. The van der Waals surface area contributed by atoms with E-state index in [-0.39, 0.29) is 17.2 Å². The molecule has 2 aromatic rings. The van der Waals surface area contributed by atoms with Crippen LogP contribution in [0.25, 0.3) is 0 Å². The van der Waals surface area contributed by atoms with Gasteiger partial charge in [-0.1, -0.05) is 30.3 Å². The zero-order valence-electron chi connectivity index (χ0n) is 18.6. The molecule has 0 bridgehead atoms. The van der Waals surface area contributed by atoms with E-state index in [1.54, 1.807) is 6.07 Å². The van der Waals surface area contributed by atoms with Crippen molar-refractivity contribution in [1.82, 2.24) is 15.2 Å². The largest absolute Gasteiger partial charge is 0.477 e. The van der Waals surface area contributed by atoms with Crippen molar-refractivity contribution >= 4 is 5.97 Å². The highest BCUT2D eigenvalue weighted by molar-refractivity contribution is 5.69. The van der Waals surface area contributed by atoms with Crippen molar-refractivity contribution in [2.45, 2.75) is 37.6 Å². The van der Waals surface area contributed by atoms with Crippen LogP contribution in [0.4, 0.5) is 4.39 Å². The second-order valence-electron chi connectivity index (χ2n) is 9.01. The number of ether oxygens (including phenoxy) is 2. The highest BCUT2D eigenvalue weighted by atomic mass is 19.1. The van der Waals surface area contributed by atoms with Gasteiger partial charge in [0, 0.05) is 36.5 Å². The summed E-state index contributed by atoms with van der Waals surface area (Å²) >= 11 is 0. The van der Waals surface area contributed by atoms with Crippen molar-refractivity contribution in [3.05, 3.63) is 60.0 Å². The standard InChI is InChI=1S/C25H32FN3O3/c1-31-24(30)9-12-29-13-10-25(11-14-29,18-32-23-8-7-20(26)16-27-23)17-28-22-15-21(22)19-5-3-2-4-6-19/h2-8,16,21-22,28H,9-15,17-18H2,1H3/t21-,22+/m0/s1. The summed E-state index contributed by atoms with van der Waals surface area (Å²) in [5.74, 6) is 0.490. The molecular formula is C25H32FN3O3. The molecule has 1 aliphatic carbocycles. The van der Waals surface area contributed by atoms with E-state index >= 15 is 0 Å². The summed E-state index contributed by atoms with van der Waals surface area (Å²) < 4.78 is 24.0. The van der Waals surface area contributed by atoms with Gasteiger partial charge in [0.1, 0.15) is 5.82 Å². The van der Waals surface area contributed by atoms with Gasteiger partial charge < -0.3 is 19.7 Å². The molecule has 1 saturated carbocycles. The number of carbonyl (C=O) groups is 1. The molecule has 0 amide bonds. The van der Waals surface area contributed by atoms with Gasteiger partial charge in [0.25, 0.3) is 0 Å². The van der Waals surface area contributed by atoms with E-state index in [1.165, 1.54) is 24.9 Å². The molecule has 6 nitrogen and oxygen atoms in total. The molecule has 2 heterocycles. The minimum atomic E-state index is -0.367. The number of carbonyl (C=O) groups excluding carboxylic acids is 1. The summed E-state index contributed by atoms with van der Waals surface area (Å²) in [6.45, 7) is 3.94. The van der Waals surface area contributed by atoms with Crippen molar-refractivity contribution < 1.29 is 18.7 Å². The molecule has 1 saturated heterocycles. The second-order valence-corrected chi connectivity index (χ2v) is 9.01. The number of piperidine rings is 1. The predicted molar refractivity (Wildman–Crippen MR) is 120 cm³/mol. The highest BCUT2D eigenvalue weighted by Crippen LogP contribution is 2.42. The van der Waals surface area contributed by atoms with Crippen molar-refractivity contribution in [1.29, 1.82) is 0 Å². The maximum Gasteiger partial charge on any atom is 0.306 e. The minimum absolute atomic E-state index is 0.0261. The number of rotatable bonds is 10. The van der Waals surface area contributed by atoms with Crippen LogP contribution in [0.15, 0.2) is 48.7 Å². The topological polar surface area (TPSA) is 63.7 Å². The minimum Gasteiger partial charge on any atom is -0.477 e. The smallest absolute Gasteiger partial charge is 0.306 e. The van der Waals surface area contributed by atoms with Crippen LogP contribution in [-0.2, 0) is 9.53 Å². The first-order valence-electron chi connectivity index (χ1n) is 11.4. The number of aromatic nitrogens is 1. The lowest BCUT2D eigenvalue weighted by molar-refractivity contribution is -0.141. The molecule has 1 aliphatic heterocycles. The van der Waals surface area contributed by atoms with Crippen molar-refractivity contribution in [3.63, 3.8) is 0 Å². The van der Waals surface area contributed by atoms with E-state index < -0.39 is 0 Å². The average Bonchev–Trinajstić information content (AvgIpc) is 3.62. The summed E-state index contributed by atoms with van der Waals surface area (Å²) in [6.07, 6.45) is 4.69. The number of halogens is 1. The fraction of sp³-hybridized carbons (Fsp3) is 0.520. The summed E-state index contributed by atoms with van der Waals surface area (Å²) in [4.78, 5) is 17.8. The Labute approximate surface area is 189 Å². The molecule has 2 atom stereocenters. The maximum absolute atomic E-state index is 13.2. The van der Waals surface area contributed by atoms with E-state index in [1.807, 2.05) is 0 Å². The van der Waals surface area contributed by atoms with Crippen molar-refractivity contribution in [2.75, 3.05) is 39.9 Å². The van der Waals surface area contributed by atoms with E-state index in [9.17, 15) is 9.18 Å². The van der Waals surface area contributed by atoms with Gasteiger partial charge in [-0.15, -0.1) is 0 Å². The lowest BCUT2D eigenvalue weighted by atomic mass is 9.78. The Morgan fingerprint density at radius 1 is 1.22 bits per heavy atom. The third-order valence-electron chi connectivity index (χ3n) is 6.76. The zero-order valence-corrected chi connectivity index (χ0v) is 18.6. The van der Waals surface area contributed by atoms with E-state index in [2.05, 4.69) is 45.5 Å². The van der Waals surface area contributed by atoms with Gasteiger partial charge in [0.2, 0.25) is 5.88 Å². The number of hydrogen-bond acceptors (Lipinski definition) is 6. The predicted octanol–water partition coefficient (Wildman–Crippen LogP) is 3.39. The fourth-order valence-corrected chi connectivity index (χ4v) is 4.49. The number of methoxy groups -OCH3 is 1. The first-order valence-corrected chi connectivity index (χ1v) is 11.4. The fourth-order valence-electron chi connectivity index (χ4n) is 4.49. The maximum atomic E-state index is 13.2. The van der Waals surface area contributed by atoms with Crippen LogP contribution in [0.1, 0.15) is 37.2 Å². The van der Waals surface area contributed by atoms with Gasteiger partial charge >= 0.3 is 5.97 Å². The number of benzene rings is 1. The second kappa shape index (κ2) is 10.4. The summed E-state index contributed by atoms with van der Waals surface area (Å²) in [5.41, 5.74) is 1.37. The van der Waals surface area contributed by atoms with Crippen molar-refractivity contribution in [2.24, 2.45) is 5.41 Å². The Kier molecular flexibility index (Phi) is 7.37. The third-order valence-corrected chi connectivity index (χ3v) is 6.76. The van der Waals surface area contributed by atoms with Gasteiger partial charge in [0.05, 0.1) is 26.3 Å². The van der Waals surface area contributed by atoms with Crippen LogP contribution >= 0.6 is 0 Å². The van der Waals surface area contributed by atoms with Gasteiger partial charge in [-0.2, -0.15) is 0 Å². The van der Waals surface area contributed by atoms with Gasteiger partial charge in [0.15, 0.2) is 0 Å². The Morgan fingerprint density at radius 2 is 2.00 bits per heavy atom. The first-order chi connectivity index (χ1) is 15.6. The molecule has 4 rings (SSSR count). The molecule has 1 N–H and O–H groups in total. The molecule has 2 fully saturated rings. The van der Waals surface area contributed by atoms with Crippen LogP contribution in [0.3, 0.4) is 0 Å². The lowest BCUT2D eigenvalue weighted by Crippen LogP contribution is -2.49. The number of hydrogen-bond donors (Lipinski definition) is 1. The average molecular weight is 442 g/mol. The van der Waals surface area contributed by atoms with Crippen LogP contribution in [0, 0.1) is 11.2 Å². The molecule has 32 heavy (non-hydrogen) atoms. The molecule has 0 radical (unpaired) electrons. The van der Waals surface area contributed by atoms with Crippen molar-refractivity contribution in [3.8, 4) is 5.88 Å². The lowest BCUT2D eigenvalue weighted by Gasteiger charge is -2.41. The first kappa shape index (κ1) is 22.7. The molecule has 7 heteroatoms. The molecule has 2 aliphatic rings. The molecular weight excluding hydrogens is 409 g/mol. The van der Waals surface area contributed by atoms with Crippen LogP contribution < -0.4 is 10.1 Å². The number of esters is 1. The summed E-state index contributed by atoms with van der Waals surface area (Å²) in [6, 6.07) is 14.1. The summed E-state index contributed by atoms with van der Waals surface area (Å²) in [5, 5.41) is 3.78. The Morgan fingerprint density at radius 3 is 2.69 bits per heavy atom. The normalized spacial score (nSPS) is 22.3. The quantitative estimate of drug-likeness (QED) is 0.571. The third kappa shape index (κ3) is 6.04. The number of nitrogens with one attached hydrogen (secondary N) is 1. The van der Waals surface area contributed by atoms with E-state index in [4.69, 9.17) is 9.47 Å². The van der Waals surface area contributed by atoms with Gasteiger partial charge in [-0.3, -0.25) is 4.79 Å². The Hall–Kier alpha value is -2.51. The van der Waals surface area contributed by atoms with Crippen LogP contribution in [-0.4, -0.2) is 61.8 Å². The molecule has 0 spiro atoms. The number of likely N-dealkylation sites (tertiary alicyclic amines) is 1.